The van der Waals surface area contributed by atoms with Crippen LogP contribution in [-0.4, -0.2) is 29.5 Å². The molecule has 82 valence electrons. The second-order valence-corrected chi connectivity index (χ2v) is 3.25. The Labute approximate surface area is 90.6 Å². The zero-order chi connectivity index (χ0) is 11.7. The monoisotopic (exact) mass is 219 g/mol. The van der Waals surface area contributed by atoms with E-state index in [4.69, 9.17) is 9.84 Å². The molecule has 2 N–H and O–H groups in total. The van der Waals surface area contributed by atoms with Crippen LogP contribution >= 0.6 is 0 Å². The Kier molecular flexibility index (Phi) is 2.36. The van der Waals surface area contributed by atoms with Crippen LogP contribution in [0.15, 0.2) is 18.2 Å². The van der Waals surface area contributed by atoms with E-state index in [0.717, 1.165) is 0 Å². The van der Waals surface area contributed by atoms with Crippen LogP contribution in [0.4, 0.5) is 0 Å². The minimum Gasteiger partial charge on any atom is -0.496 e. The Morgan fingerprint density at radius 2 is 2.25 bits per heavy atom. The molecule has 0 aliphatic carbocycles. The highest BCUT2D eigenvalue weighted by molar-refractivity contribution is 6.05. The van der Waals surface area contributed by atoms with Crippen molar-refractivity contribution >= 4 is 23.2 Å². The fourth-order valence-corrected chi connectivity index (χ4v) is 1.63. The van der Waals surface area contributed by atoms with Gasteiger partial charge in [0.05, 0.1) is 23.9 Å². The van der Waals surface area contributed by atoms with E-state index in [-0.39, 0.29) is 5.56 Å². The molecule has 5 nitrogen and oxygen atoms in total. The van der Waals surface area contributed by atoms with Crippen molar-refractivity contribution in [2.45, 2.75) is 0 Å². The van der Waals surface area contributed by atoms with E-state index in [1.165, 1.54) is 13.2 Å². The fourth-order valence-electron chi connectivity index (χ4n) is 1.63. The van der Waals surface area contributed by atoms with E-state index in [2.05, 4.69) is 4.98 Å². The Balaban J connectivity index is 2.82. The molecule has 2 aromatic rings. The number of carbonyl (C=O) groups is 2. The molecule has 0 aliphatic rings. The van der Waals surface area contributed by atoms with Gasteiger partial charge >= 0.3 is 5.97 Å². The highest BCUT2D eigenvalue weighted by Crippen LogP contribution is 2.28. The molecule has 0 aliphatic heterocycles. The van der Waals surface area contributed by atoms with Gasteiger partial charge in [0.2, 0.25) is 0 Å². The average Bonchev–Trinajstić information content (AvgIpc) is 2.70. The first-order valence-electron chi connectivity index (χ1n) is 4.55. The van der Waals surface area contributed by atoms with Crippen molar-refractivity contribution in [3.05, 3.63) is 29.5 Å². The van der Waals surface area contributed by atoms with Gasteiger partial charge in [-0.25, -0.2) is 4.79 Å². The number of fused-ring (bicyclic) bond motifs is 1. The molecule has 2 rings (SSSR count). The average molecular weight is 219 g/mol. The van der Waals surface area contributed by atoms with Crippen LogP contribution in [0.3, 0.4) is 0 Å². The summed E-state index contributed by atoms with van der Waals surface area (Å²) in [6.45, 7) is 0. The van der Waals surface area contributed by atoms with Gasteiger partial charge in [-0.15, -0.1) is 0 Å². The number of hydrogen-bond donors (Lipinski definition) is 2. The molecule has 0 amide bonds. The van der Waals surface area contributed by atoms with Crippen molar-refractivity contribution in [1.29, 1.82) is 0 Å². The molecule has 0 fully saturated rings. The van der Waals surface area contributed by atoms with Gasteiger partial charge in [0.15, 0.2) is 6.29 Å². The maximum Gasteiger partial charge on any atom is 0.337 e. The van der Waals surface area contributed by atoms with Crippen LogP contribution in [0.5, 0.6) is 5.75 Å². The third-order valence-electron chi connectivity index (χ3n) is 2.35. The number of carboxylic acid groups (broad SMARTS) is 1. The van der Waals surface area contributed by atoms with Gasteiger partial charge in [-0.3, -0.25) is 4.79 Å². The van der Waals surface area contributed by atoms with Gasteiger partial charge in [-0.1, -0.05) is 0 Å². The molecular formula is C11H9NO4. The number of carbonyl (C=O) groups excluding carboxylic acids is 1. The van der Waals surface area contributed by atoms with Crippen molar-refractivity contribution in [3.8, 4) is 5.75 Å². The van der Waals surface area contributed by atoms with Crippen LogP contribution in [0, 0.1) is 0 Å². The number of nitrogens with one attached hydrogen (secondary N) is 1. The smallest absolute Gasteiger partial charge is 0.337 e. The van der Waals surface area contributed by atoms with E-state index in [1.807, 2.05) is 0 Å². The maximum absolute atomic E-state index is 11.0. The van der Waals surface area contributed by atoms with Gasteiger partial charge in [0, 0.05) is 5.39 Å². The van der Waals surface area contributed by atoms with Crippen LogP contribution < -0.4 is 4.74 Å². The molecule has 1 heterocycles. The molecule has 1 aromatic heterocycles. The molecule has 5 heteroatoms. The predicted octanol–water partition coefficient (Wildman–Crippen LogP) is 1.69. The maximum atomic E-state index is 11.0. The number of H-pyrrole nitrogens is 1. The van der Waals surface area contributed by atoms with Gasteiger partial charge in [0.1, 0.15) is 5.75 Å². The first kappa shape index (κ1) is 10.2. The molecule has 0 atom stereocenters. The summed E-state index contributed by atoms with van der Waals surface area (Å²) in [5.41, 5.74) is 0.833. The lowest BCUT2D eigenvalue weighted by molar-refractivity contribution is 0.0698. The van der Waals surface area contributed by atoms with Crippen molar-refractivity contribution < 1.29 is 19.4 Å². The zero-order valence-corrected chi connectivity index (χ0v) is 8.48. The van der Waals surface area contributed by atoms with Crippen molar-refractivity contribution in [2.75, 3.05) is 7.11 Å². The molecule has 0 radical (unpaired) electrons. The van der Waals surface area contributed by atoms with Crippen LogP contribution in [0.2, 0.25) is 0 Å². The summed E-state index contributed by atoms with van der Waals surface area (Å²) in [5, 5.41) is 9.57. The molecule has 0 spiro atoms. The highest BCUT2D eigenvalue weighted by Gasteiger charge is 2.14. The first-order valence-corrected chi connectivity index (χ1v) is 4.55. The van der Waals surface area contributed by atoms with Gasteiger partial charge in [-0.2, -0.15) is 0 Å². The van der Waals surface area contributed by atoms with E-state index >= 15 is 0 Å². The minimum atomic E-state index is -1.05. The molecule has 0 saturated heterocycles. The summed E-state index contributed by atoms with van der Waals surface area (Å²) in [6, 6.07) is 4.57. The van der Waals surface area contributed by atoms with E-state index in [9.17, 15) is 9.59 Å². The van der Waals surface area contributed by atoms with Gasteiger partial charge in [0.25, 0.3) is 0 Å². The van der Waals surface area contributed by atoms with Crippen molar-refractivity contribution in [2.24, 2.45) is 0 Å². The summed E-state index contributed by atoms with van der Waals surface area (Å²) >= 11 is 0. The molecule has 16 heavy (non-hydrogen) atoms. The molecule has 1 aromatic carbocycles. The Morgan fingerprint density at radius 3 is 2.81 bits per heavy atom. The van der Waals surface area contributed by atoms with E-state index in [0.29, 0.717) is 28.6 Å². The summed E-state index contributed by atoms with van der Waals surface area (Å²) in [4.78, 5) is 24.3. The van der Waals surface area contributed by atoms with Gasteiger partial charge in [-0.05, 0) is 18.2 Å². The number of carboxylic acids is 1. The predicted molar refractivity (Wildman–Crippen MR) is 57.2 cm³/mol. The molecule has 0 saturated carbocycles. The number of aromatic carboxylic acids is 1. The molecule has 0 unspecified atom stereocenters. The quantitative estimate of drug-likeness (QED) is 0.770. The van der Waals surface area contributed by atoms with Gasteiger partial charge < -0.3 is 14.8 Å². The SMILES string of the molecule is COc1ccc(C(=O)O)c2[nH]c(C=O)cc12. The number of aromatic amines is 1. The standard InChI is InChI=1S/C11H9NO4/c1-16-9-3-2-7(11(14)15)10-8(9)4-6(5-13)12-10/h2-5,12H,1H3,(H,14,15). The highest BCUT2D eigenvalue weighted by atomic mass is 16.5. The van der Waals surface area contributed by atoms with Crippen molar-refractivity contribution in [1.82, 2.24) is 4.98 Å². The lowest BCUT2D eigenvalue weighted by Gasteiger charge is -2.03. The number of aldehydes is 1. The lowest BCUT2D eigenvalue weighted by atomic mass is 10.1. The number of benzene rings is 1. The molecular weight excluding hydrogens is 210 g/mol. The largest absolute Gasteiger partial charge is 0.496 e. The van der Waals surface area contributed by atoms with Crippen LogP contribution in [0.25, 0.3) is 10.9 Å². The minimum absolute atomic E-state index is 0.115. The summed E-state index contributed by atoms with van der Waals surface area (Å²) < 4.78 is 5.09. The fraction of sp³-hybridized carbons (Fsp3) is 0.0909. The third-order valence-corrected chi connectivity index (χ3v) is 2.35. The number of aromatic nitrogens is 1. The second kappa shape index (κ2) is 3.69. The number of ether oxygens (including phenoxy) is 1. The third kappa shape index (κ3) is 1.42. The Morgan fingerprint density at radius 1 is 1.50 bits per heavy atom. The van der Waals surface area contributed by atoms with E-state index in [1.54, 1.807) is 12.1 Å². The summed E-state index contributed by atoms with van der Waals surface area (Å²) in [7, 11) is 1.49. The van der Waals surface area contributed by atoms with E-state index < -0.39 is 5.97 Å². The first-order chi connectivity index (χ1) is 7.67. The summed E-state index contributed by atoms with van der Waals surface area (Å²) in [5.74, 6) is -0.517. The second-order valence-electron chi connectivity index (χ2n) is 3.25. The van der Waals surface area contributed by atoms with Crippen LogP contribution in [0.1, 0.15) is 20.8 Å². The topological polar surface area (TPSA) is 79.4 Å². The normalized spacial score (nSPS) is 10.3. The Hall–Kier alpha value is -2.30. The van der Waals surface area contributed by atoms with Crippen molar-refractivity contribution in [3.63, 3.8) is 0 Å². The Bertz CT molecular complexity index is 571. The number of hydrogen-bond acceptors (Lipinski definition) is 3. The number of rotatable bonds is 3. The van der Waals surface area contributed by atoms with Crippen LogP contribution in [-0.2, 0) is 0 Å². The zero-order valence-electron chi connectivity index (χ0n) is 8.48. The lowest BCUT2D eigenvalue weighted by Crippen LogP contribution is -1.98. The molecule has 0 bridgehead atoms. The number of methoxy groups -OCH3 is 1. The summed E-state index contributed by atoms with van der Waals surface area (Å²) in [6.07, 6.45) is 0.630.